The van der Waals surface area contributed by atoms with Gasteiger partial charge in [-0.2, -0.15) is 5.10 Å². The van der Waals surface area contributed by atoms with Crippen LogP contribution in [0.25, 0.3) is 16.9 Å². The molecule has 0 radical (unpaired) electrons. The van der Waals surface area contributed by atoms with Gasteiger partial charge in [0.15, 0.2) is 5.69 Å². The van der Waals surface area contributed by atoms with E-state index in [1.165, 1.54) is 7.11 Å². The van der Waals surface area contributed by atoms with E-state index in [4.69, 9.17) is 9.47 Å². The van der Waals surface area contributed by atoms with Crippen molar-refractivity contribution in [3.63, 3.8) is 0 Å². The summed E-state index contributed by atoms with van der Waals surface area (Å²) in [6.07, 6.45) is 3.36. The maximum atomic E-state index is 11.8. The molecular formula is C17H15N3O3. The van der Waals surface area contributed by atoms with Crippen LogP contribution < -0.4 is 4.74 Å². The molecular weight excluding hydrogens is 294 g/mol. The Morgan fingerprint density at radius 3 is 2.70 bits per heavy atom. The van der Waals surface area contributed by atoms with E-state index in [-0.39, 0.29) is 5.69 Å². The Balaban J connectivity index is 2.17. The van der Waals surface area contributed by atoms with Crippen molar-refractivity contribution in [3.05, 3.63) is 60.6 Å². The normalized spacial score (nSPS) is 10.3. The Labute approximate surface area is 133 Å². The van der Waals surface area contributed by atoms with E-state index in [0.717, 1.165) is 22.7 Å². The second-order valence-corrected chi connectivity index (χ2v) is 4.76. The van der Waals surface area contributed by atoms with Gasteiger partial charge in [-0.05, 0) is 30.3 Å². The molecule has 3 aromatic rings. The fraction of sp³-hybridized carbons (Fsp3) is 0.118. The fourth-order valence-corrected chi connectivity index (χ4v) is 2.25. The molecule has 0 N–H and O–H groups in total. The molecule has 2 aromatic heterocycles. The summed E-state index contributed by atoms with van der Waals surface area (Å²) in [7, 11) is 2.94. The predicted octanol–water partition coefficient (Wildman–Crippen LogP) is 2.73. The number of aromatic nitrogens is 3. The Morgan fingerprint density at radius 1 is 1.13 bits per heavy atom. The Kier molecular flexibility index (Phi) is 4.05. The van der Waals surface area contributed by atoms with Crippen LogP contribution in [-0.4, -0.2) is 35.0 Å². The minimum atomic E-state index is -0.489. The second-order valence-electron chi connectivity index (χ2n) is 4.76. The SMILES string of the molecule is COC(=O)c1cc(-c2cccc(OC)c2)n(-c2cccnc2)n1. The van der Waals surface area contributed by atoms with Crippen LogP contribution in [0.4, 0.5) is 0 Å². The van der Waals surface area contributed by atoms with Gasteiger partial charge in [0.1, 0.15) is 5.75 Å². The third kappa shape index (κ3) is 2.91. The number of benzene rings is 1. The molecule has 0 unspecified atom stereocenters. The Hall–Kier alpha value is -3.15. The van der Waals surface area contributed by atoms with Gasteiger partial charge >= 0.3 is 5.97 Å². The number of ether oxygens (including phenoxy) is 2. The maximum absolute atomic E-state index is 11.8. The molecule has 23 heavy (non-hydrogen) atoms. The number of nitrogens with zero attached hydrogens (tertiary/aromatic N) is 3. The van der Waals surface area contributed by atoms with Crippen LogP contribution in [0, 0.1) is 0 Å². The number of carbonyl (C=O) groups is 1. The number of hydrogen-bond acceptors (Lipinski definition) is 5. The zero-order chi connectivity index (χ0) is 16.2. The van der Waals surface area contributed by atoms with Gasteiger partial charge < -0.3 is 9.47 Å². The molecule has 0 saturated heterocycles. The van der Waals surface area contributed by atoms with E-state index in [1.807, 2.05) is 36.4 Å². The maximum Gasteiger partial charge on any atom is 0.358 e. The Bertz CT molecular complexity index is 828. The first-order valence-corrected chi connectivity index (χ1v) is 6.96. The standard InChI is InChI=1S/C17H15N3O3/c1-22-14-7-3-5-12(9-14)16-10-15(17(21)23-2)19-20(16)13-6-4-8-18-11-13/h3-11H,1-2H3. The van der Waals surface area contributed by atoms with Crippen molar-refractivity contribution in [1.82, 2.24) is 14.8 Å². The highest BCUT2D eigenvalue weighted by Crippen LogP contribution is 2.27. The molecule has 3 rings (SSSR count). The number of pyridine rings is 1. The van der Waals surface area contributed by atoms with Gasteiger partial charge in [-0.1, -0.05) is 12.1 Å². The largest absolute Gasteiger partial charge is 0.497 e. The molecule has 0 atom stereocenters. The average molecular weight is 309 g/mol. The number of hydrogen-bond donors (Lipinski definition) is 0. The lowest BCUT2D eigenvalue weighted by Crippen LogP contribution is -2.04. The van der Waals surface area contributed by atoms with Crippen LogP contribution in [0.3, 0.4) is 0 Å². The summed E-state index contributed by atoms with van der Waals surface area (Å²) in [5, 5.41) is 4.34. The number of carbonyl (C=O) groups excluding carboxylic acids is 1. The van der Waals surface area contributed by atoms with Gasteiger partial charge in [0.05, 0.1) is 31.8 Å². The van der Waals surface area contributed by atoms with Gasteiger partial charge in [0, 0.05) is 11.8 Å². The van der Waals surface area contributed by atoms with Crippen molar-refractivity contribution in [2.45, 2.75) is 0 Å². The highest BCUT2D eigenvalue weighted by atomic mass is 16.5. The summed E-state index contributed by atoms with van der Waals surface area (Å²) in [4.78, 5) is 15.9. The molecule has 1 aromatic carbocycles. The Morgan fingerprint density at radius 2 is 2.00 bits per heavy atom. The van der Waals surface area contributed by atoms with E-state index in [1.54, 1.807) is 30.3 Å². The monoisotopic (exact) mass is 309 g/mol. The van der Waals surface area contributed by atoms with Crippen molar-refractivity contribution in [3.8, 4) is 22.7 Å². The summed E-state index contributed by atoms with van der Waals surface area (Å²) in [5.41, 5.74) is 2.60. The van der Waals surface area contributed by atoms with Crippen molar-refractivity contribution < 1.29 is 14.3 Å². The van der Waals surface area contributed by atoms with Crippen LogP contribution in [0.15, 0.2) is 54.9 Å². The van der Waals surface area contributed by atoms with Crippen LogP contribution in [0.1, 0.15) is 10.5 Å². The molecule has 116 valence electrons. The van der Waals surface area contributed by atoms with Gasteiger partial charge in [0.25, 0.3) is 0 Å². The lowest BCUT2D eigenvalue weighted by Gasteiger charge is -2.08. The highest BCUT2D eigenvalue weighted by molar-refractivity contribution is 5.89. The highest BCUT2D eigenvalue weighted by Gasteiger charge is 2.17. The van der Waals surface area contributed by atoms with Crippen LogP contribution in [0.2, 0.25) is 0 Å². The molecule has 0 aliphatic heterocycles. The molecule has 2 heterocycles. The zero-order valence-electron chi connectivity index (χ0n) is 12.8. The molecule has 0 bridgehead atoms. The van der Waals surface area contributed by atoms with Gasteiger partial charge in [-0.3, -0.25) is 4.98 Å². The zero-order valence-corrected chi connectivity index (χ0v) is 12.8. The third-order valence-electron chi connectivity index (χ3n) is 3.36. The summed E-state index contributed by atoms with van der Waals surface area (Å²) in [6, 6.07) is 12.9. The van der Waals surface area contributed by atoms with E-state index >= 15 is 0 Å². The van der Waals surface area contributed by atoms with Gasteiger partial charge in [-0.15, -0.1) is 0 Å². The first-order valence-electron chi connectivity index (χ1n) is 6.96. The molecule has 0 aliphatic carbocycles. The molecule has 0 amide bonds. The average Bonchev–Trinajstić information content (AvgIpc) is 3.07. The number of esters is 1. The van der Waals surface area contributed by atoms with Crippen molar-refractivity contribution in [2.75, 3.05) is 14.2 Å². The van der Waals surface area contributed by atoms with Crippen LogP contribution in [-0.2, 0) is 4.74 Å². The fourth-order valence-electron chi connectivity index (χ4n) is 2.25. The lowest BCUT2D eigenvalue weighted by molar-refractivity contribution is 0.0593. The number of methoxy groups -OCH3 is 2. The molecule has 0 aliphatic rings. The quantitative estimate of drug-likeness (QED) is 0.693. The lowest BCUT2D eigenvalue weighted by atomic mass is 10.1. The van der Waals surface area contributed by atoms with Crippen LogP contribution >= 0.6 is 0 Å². The third-order valence-corrected chi connectivity index (χ3v) is 3.36. The molecule has 0 spiro atoms. The van der Waals surface area contributed by atoms with Crippen molar-refractivity contribution in [2.24, 2.45) is 0 Å². The summed E-state index contributed by atoms with van der Waals surface area (Å²) in [6.45, 7) is 0. The number of rotatable bonds is 4. The van der Waals surface area contributed by atoms with Crippen molar-refractivity contribution >= 4 is 5.97 Å². The van der Waals surface area contributed by atoms with E-state index in [9.17, 15) is 4.79 Å². The molecule has 0 fully saturated rings. The minimum Gasteiger partial charge on any atom is -0.497 e. The summed E-state index contributed by atoms with van der Waals surface area (Å²) < 4.78 is 11.7. The summed E-state index contributed by atoms with van der Waals surface area (Å²) in [5.74, 6) is 0.234. The molecule has 0 saturated carbocycles. The van der Waals surface area contributed by atoms with E-state index in [2.05, 4.69) is 10.1 Å². The van der Waals surface area contributed by atoms with Gasteiger partial charge in [0.2, 0.25) is 0 Å². The van der Waals surface area contributed by atoms with E-state index < -0.39 is 5.97 Å². The topological polar surface area (TPSA) is 66.2 Å². The van der Waals surface area contributed by atoms with E-state index in [0.29, 0.717) is 0 Å². The first kappa shape index (κ1) is 14.8. The predicted molar refractivity (Wildman–Crippen MR) is 84.7 cm³/mol. The second kappa shape index (κ2) is 6.31. The van der Waals surface area contributed by atoms with Gasteiger partial charge in [-0.25, -0.2) is 9.48 Å². The molecule has 6 nitrogen and oxygen atoms in total. The first-order chi connectivity index (χ1) is 11.2. The van der Waals surface area contributed by atoms with Crippen molar-refractivity contribution in [1.29, 1.82) is 0 Å². The van der Waals surface area contributed by atoms with Crippen LogP contribution in [0.5, 0.6) is 5.75 Å². The summed E-state index contributed by atoms with van der Waals surface area (Å²) >= 11 is 0. The molecule has 6 heteroatoms. The smallest absolute Gasteiger partial charge is 0.358 e. The minimum absolute atomic E-state index is 0.231.